The molecule has 2 aliphatic rings. The number of nitrogens with two attached hydrogens (primary N) is 1. The van der Waals surface area contributed by atoms with E-state index in [1.54, 1.807) is 0 Å². The normalized spacial score (nSPS) is 19.4. The third-order valence-electron chi connectivity index (χ3n) is 3.90. The van der Waals surface area contributed by atoms with E-state index in [1.807, 2.05) is 24.0 Å². The van der Waals surface area contributed by atoms with Gasteiger partial charge in [0, 0.05) is 43.9 Å². The van der Waals surface area contributed by atoms with Crippen molar-refractivity contribution in [3.8, 4) is 0 Å². The van der Waals surface area contributed by atoms with Crippen molar-refractivity contribution in [2.75, 3.05) is 55.8 Å². The fraction of sp³-hybridized carbons (Fsp3) is 0.600. The minimum absolute atomic E-state index is 0. The van der Waals surface area contributed by atoms with Crippen molar-refractivity contribution < 1.29 is 4.74 Å². The number of ether oxygens (including phenoxy) is 1. The van der Waals surface area contributed by atoms with Crippen LogP contribution in [0.5, 0.6) is 0 Å². The summed E-state index contributed by atoms with van der Waals surface area (Å²) >= 11 is 1.97. The summed E-state index contributed by atoms with van der Waals surface area (Å²) in [5.74, 6) is 3.92. The van der Waals surface area contributed by atoms with Crippen LogP contribution in [-0.2, 0) is 11.3 Å². The lowest BCUT2D eigenvalue weighted by Gasteiger charge is -2.28. The summed E-state index contributed by atoms with van der Waals surface area (Å²) in [7, 11) is 0. The van der Waals surface area contributed by atoms with E-state index in [4.69, 9.17) is 10.5 Å². The van der Waals surface area contributed by atoms with Gasteiger partial charge in [0.1, 0.15) is 5.82 Å². The second kappa shape index (κ2) is 9.53. The summed E-state index contributed by atoms with van der Waals surface area (Å²) < 4.78 is 5.38. The van der Waals surface area contributed by atoms with Gasteiger partial charge in [0.05, 0.1) is 19.8 Å². The molecule has 2 saturated heterocycles. The Hall–Kier alpha value is -0.740. The number of morpholine rings is 1. The number of aromatic nitrogens is 1. The zero-order valence-electron chi connectivity index (χ0n) is 13.2. The maximum Gasteiger partial charge on any atom is 0.191 e. The predicted octanol–water partition coefficient (Wildman–Crippen LogP) is 1.40. The number of hydrogen-bond donors (Lipinski definition) is 1. The molecule has 0 aromatic carbocycles. The molecule has 0 aliphatic carbocycles. The van der Waals surface area contributed by atoms with Gasteiger partial charge in [0.25, 0.3) is 0 Å². The fourth-order valence-corrected chi connectivity index (χ4v) is 3.49. The van der Waals surface area contributed by atoms with Crippen molar-refractivity contribution >= 4 is 47.5 Å². The summed E-state index contributed by atoms with van der Waals surface area (Å²) in [4.78, 5) is 13.4. The first-order valence-corrected chi connectivity index (χ1v) is 8.88. The topological polar surface area (TPSA) is 67.0 Å². The average molecular weight is 449 g/mol. The van der Waals surface area contributed by atoms with Crippen molar-refractivity contribution in [3.63, 3.8) is 0 Å². The molecule has 1 aromatic heterocycles. The molecule has 0 bridgehead atoms. The summed E-state index contributed by atoms with van der Waals surface area (Å²) in [5.41, 5.74) is 7.25. The molecule has 23 heavy (non-hydrogen) atoms. The maximum absolute atomic E-state index is 6.10. The molecule has 0 radical (unpaired) electrons. The number of aliphatic imine (C=N–C) groups is 1. The molecule has 0 spiro atoms. The number of guanidine groups is 1. The number of halogens is 1. The predicted molar refractivity (Wildman–Crippen MR) is 107 cm³/mol. The molecule has 2 N–H and O–H groups in total. The molecular weight excluding hydrogens is 425 g/mol. The van der Waals surface area contributed by atoms with E-state index < -0.39 is 0 Å². The highest BCUT2D eigenvalue weighted by Gasteiger charge is 2.13. The summed E-state index contributed by atoms with van der Waals surface area (Å²) in [6.45, 7) is 5.93. The maximum atomic E-state index is 6.10. The van der Waals surface area contributed by atoms with E-state index >= 15 is 0 Å². The van der Waals surface area contributed by atoms with E-state index in [0.717, 1.165) is 62.3 Å². The van der Waals surface area contributed by atoms with Crippen LogP contribution in [0.25, 0.3) is 0 Å². The van der Waals surface area contributed by atoms with Gasteiger partial charge in [-0.3, -0.25) is 0 Å². The Balaban J connectivity index is 0.00000192. The van der Waals surface area contributed by atoms with Crippen LogP contribution in [-0.4, -0.2) is 66.7 Å². The SMILES string of the molecule is I.NC(=NCc1ccnc(N2CCOCC2)c1)N1CCSCC1. The lowest BCUT2D eigenvalue weighted by Crippen LogP contribution is -2.42. The minimum atomic E-state index is 0. The fourth-order valence-electron chi connectivity index (χ4n) is 2.59. The van der Waals surface area contributed by atoms with Crippen LogP contribution >= 0.6 is 35.7 Å². The number of hydrogen-bond acceptors (Lipinski definition) is 5. The lowest BCUT2D eigenvalue weighted by molar-refractivity contribution is 0.122. The highest BCUT2D eigenvalue weighted by atomic mass is 127. The molecule has 0 atom stereocenters. The van der Waals surface area contributed by atoms with E-state index in [9.17, 15) is 0 Å². The smallest absolute Gasteiger partial charge is 0.191 e. The Kier molecular flexibility index (Phi) is 7.71. The Morgan fingerprint density at radius 1 is 1.26 bits per heavy atom. The molecule has 3 rings (SSSR count). The van der Waals surface area contributed by atoms with Crippen LogP contribution in [0.1, 0.15) is 5.56 Å². The number of thioether (sulfide) groups is 1. The van der Waals surface area contributed by atoms with Crippen LogP contribution < -0.4 is 10.6 Å². The molecule has 2 fully saturated rings. The largest absolute Gasteiger partial charge is 0.378 e. The van der Waals surface area contributed by atoms with Crippen molar-refractivity contribution in [1.82, 2.24) is 9.88 Å². The molecule has 3 heterocycles. The van der Waals surface area contributed by atoms with E-state index in [2.05, 4.69) is 25.8 Å². The Morgan fingerprint density at radius 3 is 2.74 bits per heavy atom. The Bertz CT molecular complexity index is 518. The summed E-state index contributed by atoms with van der Waals surface area (Å²) in [6.07, 6.45) is 1.85. The molecule has 0 unspecified atom stereocenters. The number of anilines is 1. The van der Waals surface area contributed by atoms with E-state index in [1.165, 1.54) is 0 Å². The summed E-state index contributed by atoms with van der Waals surface area (Å²) in [5, 5.41) is 0. The Labute approximate surface area is 158 Å². The Morgan fingerprint density at radius 2 is 2.00 bits per heavy atom. The van der Waals surface area contributed by atoms with Crippen LogP contribution in [0, 0.1) is 0 Å². The van der Waals surface area contributed by atoms with Crippen LogP contribution in [0.2, 0.25) is 0 Å². The highest BCUT2D eigenvalue weighted by molar-refractivity contribution is 14.0. The number of nitrogens with zero attached hydrogens (tertiary/aromatic N) is 4. The van der Waals surface area contributed by atoms with Gasteiger partial charge in [-0.05, 0) is 17.7 Å². The zero-order valence-corrected chi connectivity index (χ0v) is 16.3. The van der Waals surface area contributed by atoms with Gasteiger partial charge in [-0.15, -0.1) is 24.0 Å². The first-order valence-electron chi connectivity index (χ1n) is 7.73. The van der Waals surface area contributed by atoms with E-state index in [0.29, 0.717) is 12.5 Å². The quantitative estimate of drug-likeness (QED) is 0.428. The highest BCUT2D eigenvalue weighted by Crippen LogP contribution is 2.15. The van der Waals surface area contributed by atoms with Crippen molar-refractivity contribution in [2.45, 2.75) is 6.54 Å². The van der Waals surface area contributed by atoms with E-state index in [-0.39, 0.29) is 24.0 Å². The van der Waals surface area contributed by atoms with Gasteiger partial charge >= 0.3 is 0 Å². The molecule has 1 aromatic rings. The van der Waals surface area contributed by atoms with Gasteiger partial charge in [0.15, 0.2) is 5.96 Å². The molecule has 8 heteroatoms. The third kappa shape index (κ3) is 5.39. The zero-order chi connectivity index (χ0) is 15.2. The first kappa shape index (κ1) is 18.6. The minimum Gasteiger partial charge on any atom is -0.378 e. The lowest BCUT2D eigenvalue weighted by atomic mass is 10.2. The van der Waals surface area contributed by atoms with Gasteiger partial charge in [0.2, 0.25) is 0 Å². The van der Waals surface area contributed by atoms with Crippen molar-refractivity contribution in [2.24, 2.45) is 10.7 Å². The molecular formula is C15H24IN5OS. The van der Waals surface area contributed by atoms with Crippen LogP contribution in [0.3, 0.4) is 0 Å². The van der Waals surface area contributed by atoms with Crippen molar-refractivity contribution in [3.05, 3.63) is 23.9 Å². The standard InChI is InChI=1S/C15H23N5OS.HI/c16-15(20-5-9-22-10-6-20)18-12-13-1-2-17-14(11-13)19-3-7-21-8-4-19;/h1-2,11H,3-10,12H2,(H2,16,18);1H. The van der Waals surface area contributed by atoms with Crippen LogP contribution in [0.15, 0.2) is 23.3 Å². The van der Waals surface area contributed by atoms with Gasteiger partial charge in [-0.25, -0.2) is 9.98 Å². The van der Waals surface area contributed by atoms with Gasteiger partial charge in [-0.1, -0.05) is 0 Å². The van der Waals surface area contributed by atoms with Crippen LogP contribution in [0.4, 0.5) is 5.82 Å². The first-order chi connectivity index (χ1) is 10.8. The molecule has 2 aliphatic heterocycles. The average Bonchev–Trinajstić information content (AvgIpc) is 2.61. The molecule has 0 saturated carbocycles. The van der Waals surface area contributed by atoms with Crippen molar-refractivity contribution in [1.29, 1.82) is 0 Å². The molecule has 128 valence electrons. The monoisotopic (exact) mass is 449 g/mol. The third-order valence-corrected chi connectivity index (χ3v) is 4.85. The van der Waals surface area contributed by atoms with Gasteiger partial charge in [-0.2, -0.15) is 11.8 Å². The van der Waals surface area contributed by atoms with Gasteiger partial charge < -0.3 is 20.3 Å². The summed E-state index contributed by atoms with van der Waals surface area (Å²) in [6, 6.07) is 4.11. The second-order valence-corrected chi connectivity index (χ2v) is 6.62. The second-order valence-electron chi connectivity index (χ2n) is 5.40. The number of rotatable bonds is 3. The molecule has 0 amide bonds. The number of pyridine rings is 1. The molecule has 6 nitrogen and oxygen atoms in total.